The Bertz CT molecular complexity index is 486. The number of thiophene rings is 1. The zero-order chi connectivity index (χ0) is 13.9. The van der Waals surface area contributed by atoms with Crippen LogP contribution in [0.5, 0.6) is 0 Å². The summed E-state index contributed by atoms with van der Waals surface area (Å²) in [7, 11) is -3.17. The van der Waals surface area contributed by atoms with Gasteiger partial charge in [-0.3, -0.25) is 0 Å². The van der Waals surface area contributed by atoms with Gasteiger partial charge < -0.3 is 0 Å². The van der Waals surface area contributed by atoms with Crippen LogP contribution in [0.3, 0.4) is 0 Å². The molecule has 0 spiro atoms. The molecule has 1 aromatic heterocycles. The lowest BCUT2D eigenvalue weighted by molar-refractivity contribution is 0.297. The van der Waals surface area contributed by atoms with Crippen molar-refractivity contribution in [3.05, 3.63) is 22.4 Å². The fraction of sp³-hybridized carbons (Fsp3) is 0.714. The zero-order valence-electron chi connectivity index (χ0n) is 11.7. The van der Waals surface area contributed by atoms with Gasteiger partial charge in [0.1, 0.15) is 0 Å². The van der Waals surface area contributed by atoms with Crippen LogP contribution in [-0.4, -0.2) is 20.2 Å². The van der Waals surface area contributed by atoms with Crippen molar-refractivity contribution in [2.45, 2.75) is 56.6 Å². The first-order chi connectivity index (χ1) is 8.96. The van der Waals surface area contributed by atoms with E-state index in [1.54, 1.807) is 25.2 Å². The summed E-state index contributed by atoms with van der Waals surface area (Å²) in [6.45, 7) is 4.00. The zero-order valence-corrected chi connectivity index (χ0v) is 13.3. The molecular weight excluding hydrogens is 278 g/mol. The average Bonchev–Trinajstić information content (AvgIpc) is 2.92. The van der Waals surface area contributed by atoms with E-state index in [0.29, 0.717) is 6.54 Å². The van der Waals surface area contributed by atoms with E-state index in [1.165, 1.54) is 24.1 Å². The van der Waals surface area contributed by atoms with E-state index < -0.39 is 10.0 Å². The van der Waals surface area contributed by atoms with Crippen LogP contribution < -0.4 is 4.72 Å². The van der Waals surface area contributed by atoms with E-state index in [0.717, 1.165) is 12.8 Å². The molecule has 0 aliphatic heterocycles. The summed E-state index contributed by atoms with van der Waals surface area (Å²) in [5.41, 5.74) is 0.0222. The number of hydrogen-bond acceptors (Lipinski definition) is 3. The number of rotatable bonds is 5. The SMILES string of the molecule is CC(C)S(=O)(=O)NCC1(c2cccs2)CCCCC1. The van der Waals surface area contributed by atoms with Gasteiger partial charge in [0, 0.05) is 16.8 Å². The highest BCUT2D eigenvalue weighted by Gasteiger charge is 2.36. The van der Waals surface area contributed by atoms with Crippen molar-refractivity contribution in [2.24, 2.45) is 0 Å². The van der Waals surface area contributed by atoms with E-state index in [2.05, 4.69) is 22.2 Å². The molecule has 1 heterocycles. The Labute approximate surface area is 120 Å². The normalized spacial score (nSPS) is 19.7. The Morgan fingerprint density at radius 2 is 2.00 bits per heavy atom. The first kappa shape index (κ1) is 15.0. The molecule has 5 heteroatoms. The van der Waals surface area contributed by atoms with Crippen LogP contribution in [0.4, 0.5) is 0 Å². The molecule has 108 valence electrons. The van der Waals surface area contributed by atoms with E-state index in [4.69, 9.17) is 0 Å². The average molecular weight is 301 g/mol. The Balaban J connectivity index is 2.16. The minimum atomic E-state index is -3.17. The smallest absolute Gasteiger partial charge is 0.213 e. The van der Waals surface area contributed by atoms with Crippen LogP contribution in [-0.2, 0) is 15.4 Å². The van der Waals surface area contributed by atoms with Gasteiger partial charge in [0.15, 0.2) is 0 Å². The molecule has 1 aromatic rings. The molecule has 0 atom stereocenters. The number of nitrogens with one attached hydrogen (secondary N) is 1. The maximum atomic E-state index is 12.0. The third-order valence-corrected chi connectivity index (χ3v) is 6.99. The fourth-order valence-corrected chi connectivity index (χ4v) is 4.52. The summed E-state index contributed by atoms with van der Waals surface area (Å²) in [6, 6.07) is 4.22. The predicted octanol–water partition coefficient (Wildman–Crippen LogP) is 3.28. The highest BCUT2D eigenvalue weighted by Crippen LogP contribution is 2.41. The van der Waals surface area contributed by atoms with Crippen molar-refractivity contribution in [1.82, 2.24) is 4.72 Å². The molecule has 1 aliphatic carbocycles. The van der Waals surface area contributed by atoms with Crippen molar-refractivity contribution < 1.29 is 8.42 Å². The molecule has 1 N–H and O–H groups in total. The van der Waals surface area contributed by atoms with E-state index in [9.17, 15) is 8.42 Å². The maximum Gasteiger partial charge on any atom is 0.213 e. The van der Waals surface area contributed by atoms with Gasteiger partial charge in [0.2, 0.25) is 10.0 Å². The van der Waals surface area contributed by atoms with E-state index in [1.807, 2.05) is 0 Å². The predicted molar refractivity (Wildman–Crippen MR) is 81.1 cm³/mol. The lowest BCUT2D eigenvalue weighted by atomic mass is 9.73. The van der Waals surface area contributed by atoms with Gasteiger partial charge in [0.25, 0.3) is 0 Å². The van der Waals surface area contributed by atoms with Crippen LogP contribution in [0.25, 0.3) is 0 Å². The molecule has 19 heavy (non-hydrogen) atoms. The summed E-state index contributed by atoms with van der Waals surface area (Å²) in [4.78, 5) is 1.33. The van der Waals surface area contributed by atoms with Crippen molar-refractivity contribution in [1.29, 1.82) is 0 Å². The second-order valence-electron chi connectivity index (χ2n) is 5.73. The molecule has 0 aromatic carbocycles. The van der Waals surface area contributed by atoms with Gasteiger partial charge in [-0.05, 0) is 38.1 Å². The minimum absolute atomic E-state index is 0.0222. The fourth-order valence-electron chi connectivity index (χ4n) is 2.72. The van der Waals surface area contributed by atoms with E-state index >= 15 is 0 Å². The quantitative estimate of drug-likeness (QED) is 0.907. The Morgan fingerprint density at radius 1 is 1.32 bits per heavy atom. The molecule has 1 fully saturated rings. The van der Waals surface area contributed by atoms with Crippen molar-refractivity contribution in [2.75, 3.05) is 6.54 Å². The molecule has 1 saturated carbocycles. The maximum absolute atomic E-state index is 12.0. The topological polar surface area (TPSA) is 46.2 Å². The molecule has 1 aliphatic rings. The summed E-state index contributed by atoms with van der Waals surface area (Å²) in [6.07, 6.45) is 5.84. The molecule has 2 rings (SSSR count). The van der Waals surface area contributed by atoms with Crippen molar-refractivity contribution in [3.8, 4) is 0 Å². The molecule has 0 radical (unpaired) electrons. The first-order valence-electron chi connectivity index (χ1n) is 6.99. The van der Waals surface area contributed by atoms with Gasteiger partial charge in [-0.2, -0.15) is 0 Å². The van der Waals surface area contributed by atoms with Gasteiger partial charge in [-0.1, -0.05) is 25.3 Å². The lowest BCUT2D eigenvalue weighted by Gasteiger charge is -2.37. The molecule has 0 bridgehead atoms. The Kier molecular flexibility index (Phi) is 4.69. The number of hydrogen-bond donors (Lipinski definition) is 1. The first-order valence-corrected chi connectivity index (χ1v) is 9.41. The van der Waals surface area contributed by atoms with Crippen LogP contribution >= 0.6 is 11.3 Å². The molecule has 0 saturated heterocycles. The summed E-state index contributed by atoms with van der Waals surface area (Å²) >= 11 is 1.75. The van der Waals surface area contributed by atoms with Crippen LogP contribution in [0.2, 0.25) is 0 Å². The molecular formula is C14H23NO2S2. The second-order valence-corrected chi connectivity index (χ2v) is 9.00. The lowest BCUT2D eigenvalue weighted by Crippen LogP contribution is -2.43. The highest BCUT2D eigenvalue weighted by atomic mass is 32.2. The van der Waals surface area contributed by atoms with Crippen molar-refractivity contribution in [3.63, 3.8) is 0 Å². The van der Waals surface area contributed by atoms with Gasteiger partial charge in [0.05, 0.1) is 5.25 Å². The molecule has 3 nitrogen and oxygen atoms in total. The summed E-state index contributed by atoms with van der Waals surface area (Å²) < 4.78 is 26.8. The van der Waals surface area contributed by atoms with Crippen LogP contribution in [0.1, 0.15) is 50.8 Å². The van der Waals surface area contributed by atoms with Gasteiger partial charge in [-0.15, -0.1) is 11.3 Å². The third-order valence-electron chi connectivity index (χ3n) is 4.09. The van der Waals surface area contributed by atoms with Gasteiger partial charge >= 0.3 is 0 Å². The van der Waals surface area contributed by atoms with Crippen molar-refractivity contribution >= 4 is 21.4 Å². The van der Waals surface area contributed by atoms with Gasteiger partial charge in [-0.25, -0.2) is 13.1 Å². The molecule has 0 unspecified atom stereocenters. The Morgan fingerprint density at radius 3 is 2.53 bits per heavy atom. The highest BCUT2D eigenvalue weighted by molar-refractivity contribution is 7.90. The van der Waals surface area contributed by atoms with E-state index in [-0.39, 0.29) is 10.7 Å². The number of sulfonamides is 1. The summed E-state index contributed by atoms with van der Waals surface area (Å²) in [5.74, 6) is 0. The largest absolute Gasteiger partial charge is 0.214 e. The summed E-state index contributed by atoms with van der Waals surface area (Å²) in [5, 5.41) is 1.72. The van der Waals surface area contributed by atoms with Crippen LogP contribution in [0.15, 0.2) is 17.5 Å². The molecule has 0 amide bonds. The second kappa shape index (κ2) is 5.94. The van der Waals surface area contributed by atoms with Crippen LogP contribution in [0, 0.1) is 0 Å². The minimum Gasteiger partial charge on any atom is -0.214 e. The third kappa shape index (κ3) is 3.38. The Hall–Kier alpha value is -0.390. The standard InChI is InChI=1S/C14H23NO2S2/c1-12(2)19(16,17)15-11-14(8-4-3-5-9-14)13-7-6-10-18-13/h6-7,10,12,15H,3-5,8-9,11H2,1-2H3. The monoisotopic (exact) mass is 301 g/mol.